The van der Waals surface area contributed by atoms with Crippen LogP contribution in [0.25, 0.3) is 0 Å². The van der Waals surface area contributed by atoms with E-state index in [0.717, 1.165) is 5.56 Å². The first kappa shape index (κ1) is 26.9. The van der Waals surface area contributed by atoms with Crippen molar-refractivity contribution in [2.45, 2.75) is 49.9 Å². The van der Waals surface area contributed by atoms with Gasteiger partial charge in [-0.15, -0.1) is 0 Å². The summed E-state index contributed by atoms with van der Waals surface area (Å²) in [5.74, 6) is 1.56. The van der Waals surface area contributed by atoms with Crippen molar-refractivity contribution in [1.29, 1.82) is 0 Å². The summed E-state index contributed by atoms with van der Waals surface area (Å²) >= 11 is 0. The van der Waals surface area contributed by atoms with Gasteiger partial charge < -0.3 is 33.5 Å². The summed E-state index contributed by atoms with van der Waals surface area (Å²) in [6.07, 6.45) is -0.299. The molecule has 35 heavy (non-hydrogen) atoms. The van der Waals surface area contributed by atoms with Crippen LogP contribution in [0, 0.1) is 0 Å². The fourth-order valence-electron chi connectivity index (χ4n) is 4.27. The molecule has 194 valence electrons. The standard InChI is InChI=1S/C25H34O9S/c1-7-33-25-22(31-5)12-17(13-23(25)35(27,28)14-15(2)26)19-9-8-18(34-19)16-10-20(29-3)24(32-6)21(11-16)30-4/h10-13,15,18-19,26H,7-9,14H2,1-6H3/t15?,18-,19-/m1/s1. The molecular formula is C25H34O9S. The molecule has 1 heterocycles. The van der Waals surface area contributed by atoms with Crippen molar-refractivity contribution in [1.82, 2.24) is 0 Å². The number of hydrogen-bond acceptors (Lipinski definition) is 9. The molecule has 1 N–H and O–H groups in total. The van der Waals surface area contributed by atoms with E-state index in [-0.39, 0.29) is 29.5 Å². The predicted octanol–water partition coefficient (Wildman–Crippen LogP) is 3.87. The minimum atomic E-state index is -3.85. The number of benzene rings is 2. The van der Waals surface area contributed by atoms with Gasteiger partial charge >= 0.3 is 0 Å². The molecule has 1 saturated heterocycles. The van der Waals surface area contributed by atoms with Crippen molar-refractivity contribution in [3.8, 4) is 28.7 Å². The van der Waals surface area contributed by atoms with Crippen LogP contribution >= 0.6 is 0 Å². The second kappa shape index (κ2) is 11.4. The van der Waals surface area contributed by atoms with Crippen LogP contribution in [0.3, 0.4) is 0 Å². The minimum absolute atomic E-state index is 0.0190. The zero-order chi connectivity index (χ0) is 25.8. The second-order valence-corrected chi connectivity index (χ2v) is 10.3. The molecule has 0 aromatic heterocycles. The first-order valence-electron chi connectivity index (χ1n) is 11.4. The Kier molecular flexibility index (Phi) is 8.74. The molecule has 0 aliphatic carbocycles. The number of rotatable bonds is 11. The normalized spacial score (nSPS) is 18.7. The number of hydrogen-bond donors (Lipinski definition) is 1. The predicted molar refractivity (Wildman–Crippen MR) is 130 cm³/mol. The molecule has 10 heteroatoms. The van der Waals surface area contributed by atoms with Gasteiger partial charge in [0.05, 0.1) is 59.1 Å². The summed E-state index contributed by atoms with van der Waals surface area (Å²) < 4.78 is 60.0. The van der Waals surface area contributed by atoms with E-state index in [2.05, 4.69) is 0 Å². The Morgan fingerprint density at radius 3 is 1.80 bits per heavy atom. The number of sulfone groups is 1. The summed E-state index contributed by atoms with van der Waals surface area (Å²) in [5.41, 5.74) is 1.52. The fraction of sp³-hybridized carbons (Fsp3) is 0.520. The highest BCUT2D eigenvalue weighted by Gasteiger charge is 2.33. The third-order valence-electron chi connectivity index (χ3n) is 5.80. The molecule has 1 aliphatic rings. The van der Waals surface area contributed by atoms with Gasteiger partial charge in [0.2, 0.25) is 5.75 Å². The van der Waals surface area contributed by atoms with Crippen LogP contribution < -0.4 is 23.7 Å². The van der Waals surface area contributed by atoms with Crippen molar-refractivity contribution in [2.75, 3.05) is 40.8 Å². The maximum Gasteiger partial charge on any atom is 0.203 e. The number of aliphatic hydroxyl groups excluding tert-OH is 1. The third-order valence-corrected chi connectivity index (χ3v) is 7.69. The van der Waals surface area contributed by atoms with E-state index in [1.807, 2.05) is 12.1 Å². The molecule has 1 unspecified atom stereocenters. The van der Waals surface area contributed by atoms with E-state index in [4.69, 9.17) is 28.4 Å². The Hall–Kier alpha value is -2.69. The zero-order valence-corrected chi connectivity index (χ0v) is 21.8. The van der Waals surface area contributed by atoms with Crippen LogP contribution in [0.1, 0.15) is 50.0 Å². The fourth-order valence-corrected chi connectivity index (χ4v) is 5.85. The van der Waals surface area contributed by atoms with E-state index >= 15 is 0 Å². The molecule has 1 fully saturated rings. The van der Waals surface area contributed by atoms with Gasteiger partial charge in [-0.1, -0.05) is 0 Å². The summed E-state index contributed by atoms with van der Waals surface area (Å²) in [4.78, 5) is -0.0190. The zero-order valence-electron chi connectivity index (χ0n) is 21.0. The topological polar surface area (TPSA) is 110 Å². The van der Waals surface area contributed by atoms with Crippen LogP contribution in [0.5, 0.6) is 28.7 Å². The third kappa shape index (κ3) is 5.76. The molecule has 0 radical (unpaired) electrons. The van der Waals surface area contributed by atoms with Crippen LogP contribution in [-0.4, -0.2) is 60.4 Å². The average molecular weight is 511 g/mol. The number of methoxy groups -OCH3 is 4. The highest BCUT2D eigenvalue weighted by molar-refractivity contribution is 7.91. The molecule has 2 aromatic rings. The van der Waals surface area contributed by atoms with E-state index < -0.39 is 21.7 Å². The van der Waals surface area contributed by atoms with E-state index in [0.29, 0.717) is 41.4 Å². The maximum absolute atomic E-state index is 13.1. The molecule has 2 aromatic carbocycles. The van der Waals surface area contributed by atoms with Crippen LogP contribution in [0.2, 0.25) is 0 Å². The molecule has 9 nitrogen and oxygen atoms in total. The first-order chi connectivity index (χ1) is 16.7. The molecule has 0 spiro atoms. The SMILES string of the molecule is CCOc1c(OC)cc([C@H]2CC[C@H](c3cc(OC)c(OC)c(OC)c3)O2)cc1S(=O)(=O)CC(C)O. The van der Waals surface area contributed by atoms with E-state index in [1.165, 1.54) is 14.0 Å². The molecule has 0 bridgehead atoms. The lowest BCUT2D eigenvalue weighted by molar-refractivity contribution is 0.0435. The first-order valence-corrected chi connectivity index (χ1v) is 13.0. The summed E-state index contributed by atoms with van der Waals surface area (Å²) in [7, 11) is 2.27. The van der Waals surface area contributed by atoms with Gasteiger partial charge in [0.1, 0.15) is 4.90 Å². The van der Waals surface area contributed by atoms with Crippen molar-refractivity contribution in [2.24, 2.45) is 0 Å². The van der Waals surface area contributed by atoms with E-state index in [9.17, 15) is 13.5 Å². The van der Waals surface area contributed by atoms with Crippen LogP contribution in [0.15, 0.2) is 29.2 Å². The molecule has 0 saturated carbocycles. The van der Waals surface area contributed by atoms with Crippen LogP contribution in [-0.2, 0) is 14.6 Å². The molecule has 3 atom stereocenters. The largest absolute Gasteiger partial charge is 0.493 e. The van der Waals surface area contributed by atoms with Gasteiger partial charge in [-0.3, -0.25) is 0 Å². The van der Waals surface area contributed by atoms with Crippen molar-refractivity contribution >= 4 is 9.84 Å². The highest BCUT2D eigenvalue weighted by atomic mass is 32.2. The quantitative estimate of drug-likeness (QED) is 0.482. The Morgan fingerprint density at radius 1 is 0.886 bits per heavy atom. The van der Waals surface area contributed by atoms with Crippen molar-refractivity contribution < 1.29 is 41.9 Å². The smallest absolute Gasteiger partial charge is 0.203 e. The molecular weight excluding hydrogens is 476 g/mol. The van der Waals surface area contributed by atoms with Gasteiger partial charge in [-0.2, -0.15) is 0 Å². The van der Waals surface area contributed by atoms with Gasteiger partial charge in [0.15, 0.2) is 32.8 Å². The number of aliphatic hydroxyl groups is 1. The lowest BCUT2D eigenvalue weighted by atomic mass is 10.0. The maximum atomic E-state index is 13.1. The lowest BCUT2D eigenvalue weighted by Gasteiger charge is -2.21. The Balaban J connectivity index is 1.99. The van der Waals surface area contributed by atoms with Crippen molar-refractivity contribution in [3.63, 3.8) is 0 Å². The second-order valence-electron chi connectivity index (χ2n) is 8.26. The summed E-state index contributed by atoms with van der Waals surface area (Å²) in [6.45, 7) is 3.46. The van der Waals surface area contributed by atoms with Crippen LogP contribution in [0.4, 0.5) is 0 Å². The Morgan fingerprint density at radius 2 is 1.37 bits per heavy atom. The van der Waals surface area contributed by atoms with Gasteiger partial charge in [-0.05, 0) is 62.1 Å². The Labute approximate surface area is 206 Å². The van der Waals surface area contributed by atoms with Gasteiger partial charge in [-0.25, -0.2) is 8.42 Å². The van der Waals surface area contributed by atoms with Crippen molar-refractivity contribution in [3.05, 3.63) is 35.4 Å². The van der Waals surface area contributed by atoms with Gasteiger partial charge in [0, 0.05) is 0 Å². The van der Waals surface area contributed by atoms with E-state index in [1.54, 1.807) is 40.4 Å². The average Bonchev–Trinajstić information content (AvgIpc) is 3.32. The summed E-state index contributed by atoms with van der Waals surface area (Å²) in [5, 5.41) is 9.76. The monoisotopic (exact) mass is 510 g/mol. The molecule has 3 rings (SSSR count). The lowest BCUT2D eigenvalue weighted by Crippen LogP contribution is -2.19. The Bertz CT molecular complexity index is 1100. The minimum Gasteiger partial charge on any atom is -0.493 e. The number of ether oxygens (including phenoxy) is 6. The molecule has 0 amide bonds. The molecule has 1 aliphatic heterocycles. The van der Waals surface area contributed by atoms with Gasteiger partial charge in [0.25, 0.3) is 0 Å². The highest BCUT2D eigenvalue weighted by Crippen LogP contribution is 2.48. The summed E-state index contributed by atoms with van der Waals surface area (Å²) in [6, 6.07) is 7.01.